The van der Waals surface area contributed by atoms with E-state index in [1.165, 1.54) is 18.2 Å². The summed E-state index contributed by atoms with van der Waals surface area (Å²) in [5, 5.41) is 12.3. The Morgan fingerprint density at radius 1 is 1.26 bits per heavy atom. The van der Waals surface area contributed by atoms with Crippen LogP contribution in [0.25, 0.3) is 6.08 Å². The monoisotopic (exact) mass is 406 g/mol. The van der Waals surface area contributed by atoms with Gasteiger partial charge in [0.1, 0.15) is 24.1 Å². The molecule has 0 radical (unpaired) electrons. The van der Waals surface area contributed by atoms with Crippen molar-refractivity contribution in [3.8, 4) is 11.8 Å². The normalized spacial score (nSPS) is 11.2. The van der Waals surface area contributed by atoms with E-state index < -0.39 is 5.91 Å². The number of hydrogen-bond acceptors (Lipinski definition) is 3. The molecule has 1 N–H and O–H groups in total. The molecule has 0 heterocycles. The standard InChI is InChI=1S/C20H17Cl2FN2O2/c1-12(2)25-20(26)15(10-24)7-14-8-17(21)19(18(22)9-14)27-11-13-3-5-16(23)6-4-13/h3-9,12H,11H2,1-2H3,(H,25,26)/b15-7-. The van der Waals surface area contributed by atoms with Gasteiger partial charge in [0.25, 0.3) is 5.91 Å². The SMILES string of the molecule is CC(C)NC(=O)/C(C#N)=C\c1cc(Cl)c(OCc2ccc(F)cc2)c(Cl)c1. The van der Waals surface area contributed by atoms with E-state index in [2.05, 4.69) is 5.32 Å². The molecule has 7 heteroatoms. The van der Waals surface area contributed by atoms with Crippen LogP contribution in [0, 0.1) is 17.1 Å². The van der Waals surface area contributed by atoms with E-state index in [0.29, 0.717) is 5.56 Å². The minimum Gasteiger partial charge on any atom is -0.486 e. The van der Waals surface area contributed by atoms with E-state index in [-0.39, 0.29) is 39.8 Å². The van der Waals surface area contributed by atoms with E-state index >= 15 is 0 Å². The van der Waals surface area contributed by atoms with E-state index in [0.717, 1.165) is 5.56 Å². The van der Waals surface area contributed by atoms with Gasteiger partial charge in [0.05, 0.1) is 10.0 Å². The van der Waals surface area contributed by atoms with Gasteiger partial charge in [-0.3, -0.25) is 4.79 Å². The lowest BCUT2D eigenvalue weighted by molar-refractivity contribution is -0.117. The zero-order chi connectivity index (χ0) is 20.0. The minimum atomic E-state index is -0.476. The number of nitrogens with zero attached hydrogens (tertiary/aromatic N) is 1. The maximum absolute atomic E-state index is 12.9. The number of nitrogens with one attached hydrogen (secondary N) is 1. The highest BCUT2D eigenvalue weighted by Gasteiger charge is 2.13. The Hall–Kier alpha value is -2.55. The van der Waals surface area contributed by atoms with Crippen LogP contribution in [0.15, 0.2) is 42.0 Å². The molecule has 0 aliphatic rings. The van der Waals surface area contributed by atoms with Crippen LogP contribution in [-0.2, 0) is 11.4 Å². The molecule has 0 unspecified atom stereocenters. The summed E-state index contributed by atoms with van der Waals surface area (Å²) in [4.78, 5) is 12.0. The topological polar surface area (TPSA) is 62.1 Å². The molecule has 0 fully saturated rings. The third-order valence-corrected chi connectivity index (χ3v) is 3.97. The molecule has 0 aliphatic heterocycles. The second kappa shape index (κ2) is 9.40. The highest BCUT2D eigenvalue weighted by Crippen LogP contribution is 2.35. The smallest absolute Gasteiger partial charge is 0.262 e. The molecule has 4 nitrogen and oxygen atoms in total. The van der Waals surface area contributed by atoms with E-state index in [1.54, 1.807) is 38.1 Å². The zero-order valence-electron chi connectivity index (χ0n) is 14.7. The number of carbonyl (C=O) groups is 1. The van der Waals surface area contributed by atoms with Crippen molar-refractivity contribution in [3.05, 3.63) is 69.0 Å². The molecule has 2 aromatic carbocycles. The van der Waals surface area contributed by atoms with Gasteiger partial charge in [0.2, 0.25) is 0 Å². The molecule has 0 bridgehead atoms. The molecule has 0 aliphatic carbocycles. The van der Waals surface area contributed by atoms with E-state index in [1.807, 2.05) is 6.07 Å². The number of rotatable bonds is 6. The van der Waals surface area contributed by atoms with Crippen LogP contribution in [-0.4, -0.2) is 11.9 Å². The van der Waals surface area contributed by atoms with Crippen molar-refractivity contribution in [2.75, 3.05) is 0 Å². The summed E-state index contributed by atoms with van der Waals surface area (Å²) in [6.07, 6.45) is 1.40. The molecule has 0 saturated carbocycles. The fourth-order valence-corrected chi connectivity index (χ4v) is 2.81. The summed E-state index contributed by atoms with van der Waals surface area (Å²) < 4.78 is 18.6. The van der Waals surface area contributed by atoms with Crippen LogP contribution in [0.2, 0.25) is 10.0 Å². The number of halogens is 3. The molecule has 1 amide bonds. The average molecular weight is 407 g/mol. The van der Waals surface area contributed by atoms with Gasteiger partial charge in [0.15, 0.2) is 5.75 Å². The van der Waals surface area contributed by atoms with Crippen LogP contribution in [0.4, 0.5) is 4.39 Å². The molecule has 2 aromatic rings. The average Bonchev–Trinajstić information content (AvgIpc) is 2.59. The van der Waals surface area contributed by atoms with Crippen molar-refractivity contribution < 1.29 is 13.9 Å². The number of amides is 1. The van der Waals surface area contributed by atoms with Crippen molar-refractivity contribution in [2.45, 2.75) is 26.5 Å². The van der Waals surface area contributed by atoms with Crippen molar-refractivity contribution in [2.24, 2.45) is 0 Å². The first kappa shape index (κ1) is 20.8. The van der Waals surface area contributed by atoms with Gasteiger partial charge in [-0.05, 0) is 55.3 Å². The number of ether oxygens (including phenoxy) is 1. The largest absolute Gasteiger partial charge is 0.486 e. The summed E-state index contributed by atoms with van der Waals surface area (Å²) >= 11 is 12.5. The highest BCUT2D eigenvalue weighted by molar-refractivity contribution is 6.37. The predicted octanol–water partition coefficient (Wildman–Crippen LogP) is 5.14. The quantitative estimate of drug-likeness (QED) is 0.533. The van der Waals surface area contributed by atoms with Crippen LogP contribution >= 0.6 is 23.2 Å². The Morgan fingerprint density at radius 2 is 1.85 bits per heavy atom. The first-order valence-corrected chi connectivity index (χ1v) is 8.84. The lowest BCUT2D eigenvalue weighted by atomic mass is 10.1. The molecule has 0 atom stereocenters. The maximum atomic E-state index is 12.9. The number of nitriles is 1. The van der Waals surface area contributed by atoms with Gasteiger partial charge in [-0.15, -0.1) is 0 Å². The summed E-state index contributed by atoms with van der Waals surface area (Å²) in [6.45, 7) is 3.76. The lowest BCUT2D eigenvalue weighted by Crippen LogP contribution is -2.30. The van der Waals surface area contributed by atoms with Crippen LogP contribution < -0.4 is 10.1 Å². The van der Waals surface area contributed by atoms with Gasteiger partial charge in [-0.25, -0.2) is 4.39 Å². The first-order valence-electron chi connectivity index (χ1n) is 8.09. The molecular formula is C20H17Cl2FN2O2. The lowest BCUT2D eigenvalue weighted by Gasteiger charge is -2.11. The number of benzene rings is 2. The summed E-state index contributed by atoms with van der Waals surface area (Å²) in [7, 11) is 0. The number of hydrogen-bond donors (Lipinski definition) is 1. The first-order chi connectivity index (χ1) is 12.8. The Morgan fingerprint density at radius 3 is 2.37 bits per heavy atom. The van der Waals surface area contributed by atoms with E-state index in [4.69, 9.17) is 27.9 Å². The van der Waals surface area contributed by atoms with Crippen LogP contribution in [0.5, 0.6) is 5.75 Å². The van der Waals surface area contributed by atoms with Crippen LogP contribution in [0.3, 0.4) is 0 Å². The maximum Gasteiger partial charge on any atom is 0.262 e. The molecule has 140 valence electrons. The molecule has 27 heavy (non-hydrogen) atoms. The van der Waals surface area contributed by atoms with Crippen molar-refractivity contribution in [1.82, 2.24) is 5.32 Å². The molecule has 2 rings (SSSR count). The van der Waals surface area contributed by atoms with Crippen molar-refractivity contribution in [3.63, 3.8) is 0 Å². The third-order valence-electron chi connectivity index (χ3n) is 3.41. The summed E-state index contributed by atoms with van der Waals surface area (Å²) in [5.41, 5.74) is 1.19. The molecule has 0 saturated heterocycles. The van der Waals surface area contributed by atoms with E-state index in [9.17, 15) is 14.4 Å². The Labute approximate surface area is 167 Å². The second-order valence-corrected chi connectivity index (χ2v) is 6.84. The Kier molecular flexibility index (Phi) is 7.23. The van der Waals surface area contributed by atoms with Crippen LogP contribution in [0.1, 0.15) is 25.0 Å². The number of carbonyl (C=O) groups excluding carboxylic acids is 1. The fourth-order valence-electron chi connectivity index (χ4n) is 2.19. The molecule has 0 aromatic heterocycles. The van der Waals surface area contributed by atoms with Gasteiger partial charge in [0, 0.05) is 6.04 Å². The van der Waals surface area contributed by atoms with Crippen molar-refractivity contribution in [1.29, 1.82) is 5.26 Å². The van der Waals surface area contributed by atoms with Crippen molar-refractivity contribution >= 4 is 35.2 Å². The molecular weight excluding hydrogens is 390 g/mol. The summed E-state index contributed by atoms with van der Waals surface area (Å²) in [6, 6.07) is 10.7. The predicted molar refractivity (Wildman–Crippen MR) is 104 cm³/mol. The van der Waals surface area contributed by atoms with Gasteiger partial charge in [-0.2, -0.15) is 5.26 Å². The van der Waals surface area contributed by atoms with Gasteiger partial charge >= 0.3 is 0 Å². The Bertz CT molecular complexity index is 880. The third kappa shape index (κ3) is 5.99. The zero-order valence-corrected chi connectivity index (χ0v) is 16.2. The minimum absolute atomic E-state index is 0.0594. The molecule has 0 spiro atoms. The summed E-state index contributed by atoms with van der Waals surface area (Å²) in [5.74, 6) is -0.540. The highest BCUT2D eigenvalue weighted by atomic mass is 35.5. The van der Waals surface area contributed by atoms with Gasteiger partial charge < -0.3 is 10.1 Å². The Balaban J connectivity index is 2.20. The van der Waals surface area contributed by atoms with Gasteiger partial charge in [-0.1, -0.05) is 35.3 Å². The second-order valence-electron chi connectivity index (χ2n) is 6.03. The fraction of sp³-hybridized carbons (Fsp3) is 0.200.